The Morgan fingerprint density at radius 1 is 1.17 bits per heavy atom. The van der Waals surface area contributed by atoms with Crippen LogP contribution in [0, 0.1) is 5.92 Å². The zero-order valence-electron chi connectivity index (χ0n) is 13.7. The van der Waals surface area contributed by atoms with Crippen molar-refractivity contribution in [2.45, 2.75) is 20.3 Å². The van der Waals surface area contributed by atoms with Gasteiger partial charge in [0.1, 0.15) is 5.75 Å². The van der Waals surface area contributed by atoms with Crippen LogP contribution in [0.1, 0.15) is 30.8 Å². The molecule has 2 rings (SSSR count). The summed E-state index contributed by atoms with van der Waals surface area (Å²) in [5, 5.41) is 14.0. The first-order valence-corrected chi connectivity index (χ1v) is 7.62. The Morgan fingerprint density at radius 3 is 2.61 bits per heavy atom. The van der Waals surface area contributed by atoms with Crippen molar-refractivity contribution in [3.63, 3.8) is 0 Å². The molecule has 0 atom stereocenters. The monoisotopic (exact) mass is 314 g/mol. The zero-order valence-corrected chi connectivity index (χ0v) is 13.7. The number of hydrogen-bond donors (Lipinski definition) is 2. The third kappa shape index (κ3) is 4.95. The lowest BCUT2D eigenvalue weighted by Crippen LogP contribution is -2.26. The van der Waals surface area contributed by atoms with Gasteiger partial charge in [0.25, 0.3) is 5.91 Å². The third-order valence-corrected chi connectivity index (χ3v) is 3.27. The highest BCUT2D eigenvalue weighted by Gasteiger charge is 2.09. The van der Waals surface area contributed by atoms with Crippen LogP contribution < -0.4 is 15.4 Å². The van der Waals surface area contributed by atoms with Gasteiger partial charge in [-0.1, -0.05) is 26.0 Å². The molecule has 0 unspecified atom stereocenters. The summed E-state index contributed by atoms with van der Waals surface area (Å²) >= 11 is 0. The number of methoxy groups -OCH3 is 1. The number of carbonyl (C=O) groups excluding carboxylic acids is 1. The SMILES string of the molecule is COc1ccccc1Nc1ccc(C(=O)NCCC(C)C)nn1. The number of amides is 1. The van der Waals surface area contributed by atoms with Gasteiger partial charge in [0, 0.05) is 6.54 Å². The molecule has 122 valence electrons. The molecule has 2 N–H and O–H groups in total. The maximum Gasteiger partial charge on any atom is 0.271 e. The quantitative estimate of drug-likeness (QED) is 0.821. The van der Waals surface area contributed by atoms with Crippen molar-refractivity contribution in [2.75, 3.05) is 19.0 Å². The molecule has 0 saturated carbocycles. The molecule has 0 aliphatic heterocycles. The number of benzene rings is 1. The smallest absolute Gasteiger partial charge is 0.271 e. The van der Waals surface area contributed by atoms with Gasteiger partial charge in [-0.3, -0.25) is 4.79 Å². The summed E-state index contributed by atoms with van der Waals surface area (Å²) in [4.78, 5) is 11.9. The standard InChI is InChI=1S/C17H22N4O2/c1-12(2)10-11-18-17(22)14-8-9-16(21-20-14)19-13-6-4-5-7-15(13)23-3/h4-9,12H,10-11H2,1-3H3,(H,18,22)(H,19,21). The van der Waals surface area contributed by atoms with E-state index in [1.54, 1.807) is 19.2 Å². The van der Waals surface area contributed by atoms with E-state index in [-0.39, 0.29) is 5.91 Å². The number of rotatable bonds is 7. The molecule has 0 aliphatic rings. The maximum atomic E-state index is 11.9. The highest BCUT2D eigenvalue weighted by atomic mass is 16.5. The van der Waals surface area contributed by atoms with Crippen LogP contribution in [-0.4, -0.2) is 29.8 Å². The minimum Gasteiger partial charge on any atom is -0.495 e. The summed E-state index contributed by atoms with van der Waals surface area (Å²) in [6, 6.07) is 10.9. The number of nitrogens with one attached hydrogen (secondary N) is 2. The van der Waals surface area contributed by atoms with Crippen LogP contribution in [0.2, 0.25) is 0 Å². The Hall–Kier alpha value is -2.63. The average Bonchev–Trinajstić information content (AvgIpc) is 2.55. The normalized spacial score (nSPS) is 10.4. The number of para-hydroxylation sites is 2. The van der Waals surface area contributed by atoms with Crippen LogP contribution in [0.3, 0.4) is 0 Å². The van der Waals surface area contributed by atoms with E-state index in [0.717, 1.165) is 12.1 Å². The van der Waals surface area contributed by atoms with Gasteiger partial charge in [-0.05, 0) is 36.6 Å². The van der Waals surface area contributed by atoms with Gasteiger partial charge in [0.2, 0.25) is 0 Å². The number of hydrogen-bond acceptors (Lipinski definition) is 5. The predicted octanol–water partition coefficient (Wildman–Crippen LogP) is 3.00. The second-order valence-electron chi connectivity index (χ2n) is 5.57. The van der Waals surface area contributed by atoms with Crippen LogP contribution in [0.15, 0.2) is 36.4 Å². The van der Waals surface area contributed by atoms with Crippen LogP contribution in [0.5, 0.6) is 5.75 Å². The zero-order chi connectivity index (χ0) is 16.7. The molecule has 2 aromatic rings. The highest BCUT2D eigenvalue weighted by Crippen LogP contribution is 2.25. The first-order chi connectivity index (χ1) is 11.1. The van der Waals surface area contributed by atoms with Gasteiger partial charge in [-0.15, -0.1) is 10.2 Å². The van der Waals surface area contributed by atoms with Crippen molar-refractivity contribution in [1.29, 1.82) is 0 Å². The maximum absolute atomic E-state index is 11.9. The lowest BCUT2D eigenvalue weighted by Gasteiger charge is -2.10. The molecular formula is C17H22N4O2. The Kier molecular flexibility index (Phi) is 5.91. The van der Waals surface area contributed by atoms with Crippen LogP contribution in [0.4, 0.5) is 11.5 Å². The minimum absolute atomic E-state index is 0.206. The van der Waals surface area contributed by atoms with E-state index >= 15 is 0 Å². The van der Waals surface area contributed by atoms with Gasteiger partial charge >= 0.3 is 0 Å². The summed E-state index contributed by atoms with van der Waals surface area (Å²) in [6.45, 7) is 4.87. The molecule has 0 fully saturated rings. The molecule has 0 aliphatic carbocycles. The fourth-order valence-electron chi connectivity index (χ4n) is 1.97. The van der Waals surface area contributed by atoms with Crippen molar-refractivity contribution in [1.82, 2.24) is 15.5 Å². The molecular weight excluding hydrogens is 292 g/mol. The first-order valence-electron chi connectivity index (χ1n) is 7.62. The fourth-order valence-corrected chi connectivity index (χ4v) is 1.97. The molecule has 6 heteroatoms. The second kappa shape index (κ2) is 8.12. The summed E-state index contributed by atoms with van der Waals surface area (Å²) < 4.78 is 5.27. The van der Waals surface area contributed by atoms with Crippen LogP contribution in [-0.2, 0) is 0 Å². The van der Waals surface area contributed by atoms with E-state index in [2.05, 4.69) is 34.7 Å². The molecule has 1 aromatic carbocycles. The van der Waals surface area contributed by atoms with Crippen molar-refractivity contribution in [2.24, 2.45) is 5.92 Å². The van der Waals surface area contributed by atoms with Gasteiger partial charge in [0.15, 0.2) is 11.5 Å². The molecule has 0 spiro atoms. The molecule has 0 saturated heterocycles. The van der Waals surface area contributed by atoms with E-state index in [1.807, 2.05) is 24.3 Å². The predicted molar refractivity (Wildman–Crippen MR) is 90.1 cm³/mol. The Balaban J connectivity index is 1.98. The fraction of sp³-hybridized carbons (Fsp3) is 0.353. The van der Waals surface area contributed by atoms with Crippen LogP contribution in [0.25, 0.3) is 0 Å². The van der Waals surface area contributed by atoms with Gasteiger partial charge < -0.3 is 15.4 Å². The minimum atomic E-state index is -0.206. The van der Waals surface area contributed by atoms with Crippen LogP contribution >= 0.6 is 0 Å². The Labute approximate surface area is 136 Å². The van der Waals surface area contributed by atoms with E-state index in [1.165, 1.54) is 0 Å². The topological polar surface area (TPSA) is 76.1 Å². The van der Waals surface area contributed by atoms with Gasteiger partial charge in [-0.2, -0.15) is 0 Å². The van der Waals surface area contributed by atoms with Crippen molar-refractivity contribution < 1.29 is 9.53 Å². The molecule has 0 bridgehead atoms. The summed E-state index contributed by atoms with van der Waals surface area (Å²) in [5.74, 6) is 1.61. The Bertz CT molecular complexity index is 641. The molecule has 1 heterocycles. The van der Waals surface area contributed by atoms with E-state index in [9.17, 15) is 4.79 Å². The number of aromatic nitrogens is 2. The summed E-state index contributed by atoms with van der Waals surface area (Å²) in [5.41, 5.74) is 1.10. The van der Waals surface area contributed by atoms with E-state index in [0.29, 0.717) is 29.7 Å². The van der Waals surface area contributed by atoms with E-state index < -0.39 is 0 Å². The number of ether oxygens (including phenoxy) is 1. The van der Waals surface area contributed by atoms with E-state index in [4.69, 9.17) is 4.74 Å². The van der Waals surface area contributed by atoms with Crippen molar-refractivity contribution >= 4 is 17.4 Å². The Morgan fingerprint density at radius 2 is 1.96 bits per heavy atom. The molecule has 1 amide bonds. The average molecular weight is 314 g/mol. The highest BCUT2D eigenvalue weighted by molar-refractivity contribution is 5.92. The lowest BCUT2D eigenvalue weighted by molar-refractivity contribution is 0.0946. The molecule has 1 aromatic heterocycles. The largest absolute Gasteiger partial charge is 0.495 e. The molecule has 0 radical (unpaired) electrons. The number of nitrogens with zero attached hydrogens (tertiary/aromatic N) is 2. The summed E-state index contributed by atoms with van der Waals surface area (Å²) in [7, 11) is 1.61. The van der Waals surface area contributed by atoms with Crippen molar-refractivity contribution in [3.05, 3.63) is 42.1 Å². The number of anilines is 2. The molecule has 23 heavy (non-hydrogen) atoms. The lowest BCUT2D eigenvalue weighted by atomic mass is 10.1. The van der Waals surface area contributed by atoms with Crippen molar-refractivity contribution in [3.8, 4) is 5.75 Å². The third-order valence-electron chi connectivity index (χ3n) is 3.27. The molecule has 6 nitrogen and oxygen atoms in total. The van der Waals surface area contributed by atoms with Gasteiger partial charge in [0.05, 0.1) is 12.8 Å². The number of carbonyl (C=O) groups is 1. The summed E-state index contributed by atoms with van der Waals surface area (Å²) in [6.07, 6.45) is 0.937. The second-order valence-corrected chi connectivity index (χ2v) is 5.57. The first kappa shape index (κ1) is 16.7. The van der Waals surface area contributed by atoms with Gasteiger partial charge in [-0.25, -0.2) is 0 Å².